The van der Waals surface area contributed by atoms with Gasteiger partial charge in [0.2, 0.25) is 5.95 Å². The van der Waals surface area contributed by atoms with Crippen LogP contribution < -0.4 is 0 Å². The Morgan fingerprint density at radius 2 is 0.860 bits per heavy atom. The highest BCUT2D eigenvalue weighted by Gasteiger charge is 2.23. The van der Waals surface area contributed by atoms with Crippen molar-refractivity contribution < 1.29 is 4.42 Å². The maximum Gasteiger partial charge on any atom is 0.238 e. The molecular formula is C51H31N5O. The van der Waals surface area contributed by atoms with E-state index in [0.29, 0.717) is 17.6 Å². The van der Waals surface area contributed by atoms with E-state index in [4.69, 9.17) is 19.4 Å². The molecule has 0 unspecified atom stereocenters. The third-order valence-corrected chi connectivity index (χ3v) is 11.2. The first kappa shape index (κ1) is 31.5. The Morgan fingerprint density at radius 3 is 1.61 bits per heavy atom. The van der Waals surface area contributed by atoms with Crippen molar-refractivity contribution in [1.82, 2.24) is 24.1 Å². The molecule has 0 fully saturated rings. The fourth-order valence-corrected chi connectivity index (χ4v) is 8.61. The molecule has 0 N–H and O–H groups in total. The molecule has 6 heteroatoms. The van der Waals surface area contributed by atoms with Gasteiger partial charge in [0.15, 0.2) is 11.6 Å². The van der Waals surface area contributed by atoms with E-state index in [-0.39, 0.29) is 0 Å². The van der Waals surface area contributed by atoms with E-state index >= 15 is 0 Å². The number of para-hydroxylation sites is 4. The van der Waals surface area contributed by atoms with Crippen LogP contribution in [0.25, 0.3) is 111 Å². The maximum atomic E-state index is 6.27. The molecule has 0 aliphatic carbocycles. The highest BCUT2D eigenvalue weighted by atomic mass is 16.3. The third kappa shape index (κ3) is 4.87. The summed E-state index contributed by atoms with van der Waals surface area (Å²) in [7, 11) is 0. The number of nitrogens with zero attached hydrogens (tertiary/aromatic N) is 5. The van der Waals surface area contributed by atoms with Crippen LogP contribution in [0.1, 0.15) is 0 Å². The van der Waals surface area contributed by atoms with Crippen molar-refractivity contribution in [3.8, 4) is 45.5 Å². The summed E-state index contributed by atoms with van der Waals surface area (Å²) < 4.78 is 10.9. The van der Waals surface area contributed by atoms with Crippen molar-refractivity contribution in [3.05, 3.63) is 188 Å². The molecule has 0 saturated heterocycles. The zero-order valence-electron chi connectivity index (χ0n) is 30.5. The lowest BCUT2D eigenvalue weighted by molar-refractivity contribution is 0.669. The SMILES string of the molecule is c1ccc(-c2nc(-c3cccc(-c4ccc5c(c4)oc4ccccc45)c3)nc(-n3c4ccccc4c4ccc5c6ccccc6n(-c6ccccc6)c5c43)n2)cc1. The number of benzene rings is 8. The average molecular weight is 730 g/mol. The van der Waals surface area contributed by atoms with E-state index < -0.39 is 0 Å². The molecule has 0 aliphatic rings. The van der Waals surface area contributed by atoms with Crippen LogP contribution in [0, 0.1) is 0 Å². The second-order valence-corrected chi connectivity index (χ2v) is 14.4. The molecule has 0 amide bonds. The Morgan fingerprint density at radius 1 is 0.333 bits per heavy atom. The molecule has 0 aliphatic heterocycles. The van der Waals surface area contributed by atoms with E-state index in [9.17, 15) is 0 Å². The van der Waals surface area contributed by atoms with Crippen molar-refractivity contribution in [2.24, 2.45) is 0 Å². The van der Waals surface area contributed by atoms with Gasteiger partial charge in [0.1, 0.15) is 11.2 Å². The van der Waals surface area contributed by atoms with Gasteiger partial charge in [0, 0.05) is 49.1 Å². The summed E-state index contributed by atoms with van der Waals surface area (Å²) in [6.07, 6.45) is 0. The van der Waals surface area contributed by atoms with Gasteiger partial charge in [-0.15, -0.1) is 0 Å². The highest BCUT2D eigenvalue weighted by Crippen LogP contribution is 2.42. The summed E-state index contributed by atoms with van der Waals surface area (Å²) in [5.41, 5.74) is 11.0. The summed E-state index contributed by atoms with van der Waals surface area (Å²) in [6.45, 7) is 0. The van der Waals surface area contributed by atoms with Gasteiger partial charge in [-0.25, -0.2) is 4.98 Å². The largest absolute Gasteiger partial charge is 0.456 e. The fourth-order valence-electron chi connectivity index (χ4n) is 8.61. The molecule has 12 aromatic rings. The molecule has 0 radical (unpaired) electrons. The molecule has 0 saturated carbocycles. The van der Waals surface area contributed by atoms with Gasteiger partial charge in [0.25, 0.3) is 0 Å². The first-order valence-electron chi connectivity index (χ1n) is 19.1. The predicted molar refractivity (Wildman–Crippen MR) is 232 cm³/mol. The minimum atomic E-state index is 0.552. The standard InChI is InChI=1S/C51H31N5O/c1-3-14-32(15-4-1)49-52-50(35-17-13-16-33(30-35)34-26-27-40-39-22-9-12-25-45(39)57-46(40)31-34)54-51(53-49)56-44-24-11-8-21-38(44)42-29-28-41-37-20-7-10-23-43(37)55(47(41)48(42)56)36-18-5-2-6-19-36/h1-31H. The van der Waals surface area contributed by atoms with Gasteiger partial charge < -0.3 is 8.98 Å². The van der Waals surface area contributed by atoms with Gasteiger partial charge in [-0.3, -0.25) is 4.57 Å². The Hall–Kier alpha value is -7.83. The molecule has 4 aromatic heterocycles. The number of rotatable bonds is 5. The van der Waals surface area contributed by atoms with Crippen molar-refractivity contribution in [1.29, 1.82) is 0 Å². The van der Waals surface area contributed by atoms with Crippen LogP contribution in [0.2, 0.25) is 0 Å². The monoisotopic (exact) mass is 729 g/mol. The van der Waals surface area contributed by atoms with Crippen LogP contribution in [0.15, 0.2) is 192 Å². The Kier molecular flexibility index (Phi) is 6.83. The van der Waals surface area contributed by atoms with Crippen molar-refractivity contribution in [2.45, 2.75) is 0 Å². The van der Waals surface area contributed by atoms with Crippen molar-refractivity contribution >= 4 is 65.6 Å². The van der Waals surface area contributed by atoms with Crippen molar-refractivity contribution in [3.63, 3.8) is 0 Å². The Labute approximate surface area is 326 Å². The van der Waals surface area contributed by atoms with E-state index in [1.165, 1.54) is 5.39 Å². The number of aromatic nitrogens is 5. The van der Waals surface area contributed by atoms with Crippen molar-refractivity contribution in [2.75, 3.05) is 0 Å². The topological polar surface area (TPSA) is 61.7 Å². The second kappa shape index (κ2) is 12.3. The zero-order valence-corrected chi connectivity index (χ0v) is 30.5. The van der Waals surface area contributed by atoms with Gasteiger partial charge in [-0.2, -0.15) is 9.97 Å². The van der Waals surface area contributed by atoms with E-state index in [1.54, 1.807) is 0 Å². The van der Waals surface area contributed by atoms with E-state index in [1.807, 2.05) is 36.4 Å². The lowest BCUT2D eigenvalue weighted by Crippen LogP contribution is -2.07. The lowest BCUT2D eigenvalue weighted by atomic mass is 10.0. The molecule has 6 nitrogen and oxygen atoms in total. The molecule has 0 spiro atoms. The molecule has 12 rings (SSSR count). The summed E-state index contributed by atoms with van der Waals surface area (Å²) >= 11 is 0. The van der Waals surface area contributed by atoms with Gasteiger partial charge in [0.05, 0.1) is 22.1 Å². The lowest BCUT2D eigenvalue weighted by Gasteiger charge is -2.13. The van der Waals surface area contributed by atoms with E-state index in [2.05, 4.69) is 161 Å². The number of hydrogen-bond acceptors (Lipinski definition) is 4. The van der Waals surface area contributed by atoms with Gasteiger partial charge in [-0.05, 0) is 59.7 Å². The van der Waals surface area contributed by atoms with Crippen LogP contribution in [-0.4, -0.2) is 24.1 Å². The maximum absolute atomic E-state index is 6.27. The molecule has 57 heavy (non-hydrogen) atoms. The molecule has 0 atom stereocenters. The molecule has 4 heterocycles. The molecule has 266 valence electrons. The minimum absolute atomic E-state index is 0.552. The summed E-state index contributed by atoms with van der Waals surface area (Å²) in [4.78, 5) is 15.8. The highest BCUT2D eigenvalue weighted by molar-refractivity contribution is 6.23. The molecule has 0 bridgehead atoms. The molecule has 8 aromatic carbocycles. The van der Waals surface area contributed by atoms with Crippen LogP contribution in [0.4, 0.5) is 0 Å². The summed E-state index contributed by atoms with van der Waals surface area (Å²) in [5.74, 6) is 1.75. The fraction of sp³-hybridized carbons (Fsp3) is 0. The summed E-state index contributed by atoms with van der Waals surface area (Å²) in [5, 5.41) is 6.83. The first-order valence-corrected chi connectivity index (χ1v) is 19.1. The average Bonchev–Trinajstić information content (AvgIpc) is 3.94. The van der Waals surface area contributed by atoms with Gasteiger partial charge in [-0.1, -0.05) is 140 Å². The smallest absolute Gasteiger partial charge is 0.238 e. The normalized spacial score (nSPS) is 11.9. The first-order chi connectivity index (χ1) is 28.3. The third-order valence-electron chi connectivity index (χ3n) is 11.2. The quantitative estimate of drug-likeness (QED) is 0.177. The predicted octanol–water partition coefficient (Wildman–Crippen LogP) is 13.0. The Balaban J connectivity index is 1.13. The van der Waals surface area contributed by atoms with Crippen LogP contribution in [0.5, 0.6) is 0 Å². The van der Waals surface area contributed by atoms with Gasteiger partial charge >= 0.3 is 0 Å². The number of hydrogen-bond donors (Lipinski definition) is 0. The van der Waals surface area contributed by atoms with Crippen LogP contribution in [-0.2, 0) is 0 Å². The summed E-state index contributed by atoms with van der Waals surface area (Å²) in [6, 6.07) is 65.5. The second-order valence-electron chi connectivity index (χ2n) is 14.4. The van der Waals surface area contributed by atoms with Crippen LogP contribution >= 0.6 is 0 Å². The Bertz CT molecular complexity index is 3520. The zero-order chi connectivity index (χ0) is 37.5. The molecular weight excluding hydrogens is 699 g/mol. The van der Waals surface area contributed by atoms with Crippen LogP contribution in [0.3, 0.4) is 0 Å². The van der Waals surface area contributed by atoms with E-state index in [0.717, 1.165) is 88.1 Å². The minimum Gasteiger partial charge on any atom is -0.456 e. The number of furan rings is 1. The number of fused-ring (bicyclic) bond motifs is 10.